The quantitative estimate of drug-likeness (QED) is 0.798. The summed E-state index contributed by atoms with van der Waals surface area (Å²) in [4.78, 5) is 13.6. The summed E-state index contributed by atoms with van der Waals surface area (Å²) in [5, 5.41) is 8.70. The highest BCUT2D eigenvalue weighted by Gasteiger charge is 2.32. The standard InChI is InChI=1S/C13H15N4O2P.2C2H6/c1-9-2-3-10(6-12(9)20)17-8-11(19-13(17)18)7-16-5-4-14-15-16;2*1-2/h2-6,11H,7-8,20H2,1H3;2*1-2H3. The average molecular weight is 350 g/mol. The van der Waals surface area contributed by atoms with Crippen LogP contribution in [0.2, 0.25) is 0 Å². The Balaban J connectivity index is 0.000000671. The van der Waals surface area contributed by atoms with Crippen LogP contribution in [0.25, 0.3) is 0 Å². The third kappa shape index (κ3) is 5.03. The number of ether oxygens (including phenoxy) is 1. The summed E-state index contributed by atoms with van der Waals surface area (Å²) < 4.78 is 7.03. The van der Waals surface area contributed by atoms with Crippen LogP contribution < -0.4 is 10.2 Å². The van der Waals surface area contributed by atoms with E-state index in [-0.39, 0.29) is 12.2 Å². The van der Waals surface area contributed by atoms with Gasteiger partial charge in [0.25, 0.3) is 0 Å². The molecule has 3 rings (SSSR count). The molecule has 7 heteroatoms. The number of nitrogens with zero attached hydrogens (tertiary/aromatic N) is 4. The minimum Gasteiger partial charge on any atom is -0.442 e. The second kappa shape index (κ2) is 10.0. The van der Waals surface area contributed by atoms with Gasteiger partial charge in [-0.2, -0.15) is 0 Å². The van der Waals surface area contributed by atoms with Crippen LogP contribution in [-0.4, -0.2) is 33.7 Å². The van der Waals surface area contributed by atoms with E-state index in [2.05, 4.69) is 19.6 Å². The first-order valence-electron chi connectivity index (χ1n) is 8.32. The summed E-state index contributed by atoms with van der Waals surface area (Å²) in [7, 11) is 2.68. The van der Waals surface area contributed by atoms with Crippen LogP contribution in [0.5, 0.6) is 0 Å². The zero-order valence-corrected chi connectivity index (χ0v) is 16.2. The van der Waals surface area contributed by atoms with Crippen molar-refractivity contribution in [3.63, 3.8) is 0 Å². The maximum Gasteiger partial charge on any atom is 0.414 e. The summed E-state index contributed by atoms with van der Waals surface area (Å²) in [6.45, 7) is 11.1. The largest absolute Gasteiger partial charge is 0.442 e. The van der Waals surface area contributed by atoms with Crippen molar-refractivity contribution in [1.82, 2.24) is 15.0 Å². The first kappa shape index (κ1) is 20.1. The molecule has 1 amide bonds. The normalized spacial score (nSPS) is 15.8. The molecule has 1 aliphatic rings. The van der Waals surface area contributed by atoms with Crippen LogP contribution in [0.1, 0.15) is 33.3 Å². The molecule has 1 aliphatic heterocycles. The van der Waals surface area contributed by atoms with Crippen molar-refractivity contribution >= 4 is 26.3 Å². The zero-order chi connectivity index (χ0) is 18.1. The molecule has 0 saturated carbocycles. The number of hydrogen-bond donors (Lipinski definition) is 0. The fraction of sp³-hybridized carbons (Fsp3) is 0.471. The molecule has 1 fully saturated rings. The van der Waals surface area contributed by atoms with E-state index in [1.54, 1.807) is 22.0 Å². The zero-order valence-electron chi connectivity index (χ0n) is 15.1. The van der Waals surface area contributed by atoms with Crippen LogP contribution in [-0.2, 0) is 11.3 Å². The van der Waals surface area contributed by atoms with Gasteiger partial charge in [0.15, 0.2) is 0 Å². The fourth-order valence-electron chi connectivity index (χ4n) is 2.16. The summed E-state index contributed by atoms with van der Waals surface area (Å²) in [6, 6.07) is 5.90. The Morgan fingerprint density at radius 2 is 2.00 bits per heavy atom. The van der Waals surface area contributed by atoms with Crippen molar-refractivity contribution in [3.8, 4) is 0 Å². The Hall–Kier alpha value is -1.94. The number of cyclic esters (lactones) is 1. The Labute approximate surface area is 146 Å². The van der Waals surface area contributed by atoms with Crippen LogP contribution in [0.4, 0.5) is 10.5 Å². The van der Waals surface area contributed by atoms with Crippen molar-refractivity contribution in [2.75, 3.05) is 11.4 Å². The van der Waals surface area contributed by atoms with E-state index in [9.17, 15) is 4.79 Å². The van der Waals surface area contributed by atoms with Crippen molar-refractivity contribution in [3.05, 3.63) is 36.2 Å². The second-order valence-corrected chi connectivity index (χ2v) is 5.40. The number of rotatable bonds is 3. The van der Waals surface area contributed by atoms with Crippen molar-refractivity contribution in [2.45, 2.75) is 47.3 Å². The summed E-state index contributed by atoms with van der Waals surface area (Å²) in [5.74, 6) is 0. The van der Waals surface area contributed by atoms with Gasteiger partial charge in [-0.1, -0.05) is 39.0 Å². The first-order valence-corrected chi connectivity index (χ1v) is 8.89. The first-order chi connectivity index (χ1) is 11.6. The predicted molar refractivity (Wildman–Crippen MR) is 101 cm³/mol. The van der Waals surface area contributed by atoms with Crippen LogP contribution in [0, 0.1) is 6.92 Å². The summed E-state index contributed by atoms with van der Waals surface area (Å²) in [6.07, 6.45) is 2.83. The molecule has 0 N–H and O–H groups in total. The van der Waals surface area contributed by atoms with Crippen molar-refractivity contribution in [1.29, 1.82) is 0 Å². The number of carbonyl (C=O) groups excluding carboxylic acids is 1. The minimum atomic E-state index is -0.316. The molecular weight excluding hydrogens is 323 g/mol. The molecule has 2 heterocycles. The topological polar surface area (TPSA) is 60.3 Å². The summed E-state index contributed by atoms with van der Waals surface area (Å²) in [5.41, 5.74) is 2.03. The minimum absolute atomic E-state index is 0.210. The number of aryl methyl sites for hydroxylation is 1. The van der Waals surface area contributed by atoms with Crippen LogP contribution >= 0.6 is 9.24 Å². The Bertz CT molecular complexity index is 632. The smallest absolute Gasteiger partial charge is 0.414 e. The van der Waals surface area contributed by atoms with Gasteiger partial charge >= 0.3 is 6.09 Å². The van der Waals surface area contributed by atoms with E-state index >= 15 is 0 Å². The maximum atomic E-state index is 12.0. The monoisotopic (exact) mass is 350 g/mol. The lowest BCUT2D eigenvalue weighted by Gasteiger charge is -2.14. The molecule has 0 aliphatic carbocycles. The lowest BCUT2D eigenvalue weighted by Crippen LogP contribution is -2.26. The highest BCUT2D eigenvalue weighted by atomic mass is 31.0. The third-order valence-corrected chi connectivity index (χ3v) is 3.93. The van der Waals surface area contributed by atoms with Gasteiger partial charge in [0, 0.05) is 11.9 Å². The number of aromatic nitrogens is 3. The predicted octanol–water partition coefficient (Wildman–Crippen LogP) is 3.16. The Morgan fingerprint density at radius 3 is 2.58 bits per heavy atom. The molecule has 0 spiro atoms. The van der Waals surface area contributed by atoms with E-state index in [1.165, 1.54) is 5.56 Å². The van der Waals surface area contributed by atoms with E-state index in [0.717, 1.165) is 11.0 Å². The van der Waals surface area contributed by atoms with Gasteiger partial charge in [0.2, 0.25) is 0 Å². The van der Waals surface area contributed by atoms with Gasteiger partial charge < -0.3 is 4.74 Å². The van der Waals surface area contributed by atoms with Gasteiger partial charge in [-0.25, -0.2) is 9.48 Å². The average Bonchev–Trinajstić information content (AvgIpc) is 3.24. The molecule has 24 heavy (non-hydrogen) atoms. The Kier molecular flexibility index (Phi) is 8.41. The van der Waals surface area contributed by atoms with Gasteiger partial charge in [-0.3, -0.25) is 4.90 Å². The Morgan fingerprint density at radius 1 is 1.29 bits per heavy atom. The molecule has 1 aromatic heterocycles. The molecule has 2 unspecified atom stereocenters. The lowest BCUT2D eigenvalue weighted by atomic mass is 10.2. The van der Waals surface area contributed by atoms with Gasteiger partial charge in [0.1, 0.15) is 6.10 Å². The number of benzene rings is 1. The number of carbonyl (C=O) groups is 1. The van der Waals surface area contributed by atoms with Gasteiger partial charge in [0.05, 0.1) is 19.3 Å². The van der Waals surface area contributed by atoms with E-state index < -0.39 is 0 Å². The maximum absolute atomic E-state index is 12.0. The highest BCUT2D eigenvalue weighted by Crippen LogP contribution is 2.22. The number of amides is 1. The van der Waals surface area contributed by atoms with Gasteiger partial charge in [-0.05, 0) is 29.9 Å². The molecule has 0 radical (unpaired) electrons. The molecule has 2 aromatic rings. The third-order valence-electron chi connectivity index (χ3n) is 3.31. The van der Waals surface area contributed by atoms with Crippen LogP contribution in [0.15, 0.2) is 30.6 Å². The molecule has 132 valence electrons. The molecule has 6 nitrogen and oxygen atoms in total. The highest BCUT2D eigenvalue weighted by molar-refractivity contribution is 7.27. The molecular formula is C17H27N4O2P. The number of anilines is 1. The van der Waals surface area contributed by atoms with Crippen molar-refractivity contribution in [2.24, 2.45) is 0 Å². The molecule has 0 bridgehead atoms. The van der Waals surface area contributed by atoms with Crippen LogP contribution in [0.3, 0.4) is 0 Å². The van der Waals surface area contributed by atoms with E-state index in [1.807, 2.05) is 52.8 Å². The SMILES string of the molecule is CC.CC.Cc1ccc(N2CC(Cn3ccnn3)OC2=O)cc1P. The molecule has 1 aromatic carbocycles. The molecule has 2 atom stereocenters. The summed E-state index contributed by atoms with van der Waals surface area (Å²) >= 11 is 0. The van der Waals surface area contributed by atoms with Crippen molar-refractivity contribution < 1.29 is 9.53 Å². The van der Waals surface area contributed by atoms with E-state index in [4.69, 9.17) is 4.74 Å². The second-order valence-electron chi connectivity index (χ2n) is 4.78. The molecule has 1 saturated heterocycles. The number of hydrogen-bond acceptors (Lipinski definition) is 4. The van der Waals surface area contributed by atoms with Gasteiger partial charge in [-0.15, -0.1) is 14.3 Å². The van der Waals surface area contributed by atoms with E-state index in [0.29, 0.717) is 13.1 Å². The fourth-order valence-corrected chi connectivity index (χ4v) is 2.43. The lowest BCUT2D eigenvalue weighted by molar-refractivity contribution is 0.129.